The standard InChI is InChI=1S/C7H14S3/c1-5-6(2)10-7(9-5)4-8-3/h5-7H,4H2,1-3H3. The van der Waals surface area contributed by atoms with Gasteiger partial charge in [0.25, 0.3) is 0 Å². The number of thioether (sulfide) groups is 3. The molecule has 1 aliphatic heterocycles. The summed E-state index contributed by atoms with van der Waals surface area (Å²) in [7, 11) is 0. The van der Waals surface area contributed by atoms with Gasteiger partial charge in [-0.1, -0.05) is 13.8 Å². The van der Waals surface area contributed by atoms with Crippen LogP contribution in [0.15, 0.2) is 0 Å². The van der Waals surface area contributed by atoms with E-state index in [9.17, 15) is 0 Å². The van der Waals surface area contributed by atoms with Crippen LogP contribution in [0.5, 0.6) is 0 Å². The van der Waals surface area contributed by atoms with Gasteiger partial charge in [-0.3, -0.25) is 0 Å². The van der Waals surface area contributed by atoms with Gasteiger partial charge >= 0.3 is 0 Å². The molecule has 0 aromatic carbocycles. The van der Waals surface area contributed by atoms with E-state index >= 15 is 0 Å². The summed E-state index contributed by atoms with van der Waals surface area (Å²) in [5, 5.41) is 1.73. The zero-order chi connectivity index (χ0) is 7.56. The van der Waals surface area contributed by atoms with Crippen LogP contribution in [0.1, 0.15) is 13.8 Å². The van der Waals surface area contributed by atoms with Crippen LogP contribution in [0.25, 0.3) is 0 Å². The molecule has 10 heavy (non-hydrogen) atoms. The molecule has 1 aliphatic rings. The molecule has 2 unspecified atom stereocenters. The first-order valence-corrected chi connectivity index (χ1v) is 6.82. The van der Waals surface area contributed by atoms with Crippen molar-refractivity contribution in [3.05, 3.63) is 0 Å². The van der Waals surface area contributed by atoms with Crippen LogP contribution < -0.4 is 0 Å². The fourth-order valence-electron chi connectivity index (χ4n) is 0.947. The van der Waals surface area contributed by atoms with E-state index in [4.69, 9.17) is 0 Å². The Kier molecular flexibility index (Phi) is 3.81. The molecular formula is C7H14S3. The Bertz CT molecular complexity index is 95.0. The van der Waals surface area contributed by atoms with Gasteiger partial charge in [-0.2, -0.15) is 11.8 Å². The van der Waals surface area contributed by atoms with Crippen LogP contribution in [0.2, 0.25) is 0 Å². The second-order valence-corrected chi connectivity index (χ2v) is 6.95. The van der Waals surface area contributed by atoms with Crippen molar-refractivity contribution < 1.29 is 0 Å². The summed E-state index contributed by atoms with van der Waals surface area (Å²) >= 11 is 6.24. The van der Waals surface area contributed by atoms with Gasteiger partial charge < -0.3 is 0 Å². The number of hydrogen-bond acceptors (Lipinski definition) is 3. The second-order valence-electron chi connectivity index (χ2n) is 2.57. The summed E-state index contributed by atoms with van der Waals surface area (Å²) in [4.78, 5) is 0. The molecule has 0 spiro atoms. The smallest absolute Gasteiger partial charge is 0.0598 e. The first-order chi connectivity index (χ1) is 4.74. The van der Waals surface area contributed by atoms with Gasteiger partial charge in [0.2, 0.25) is 0 Å². The highest BCUT2D eigenvalue weighted by Crippen LogP contribution is 2.43. The van der Waals surface area contributed by atoms with E-state index in [-0.39, 0.29) is 0 Å². The van der Waals surface area contributed by atoms with Crippen molar-refractivity contribution in [1.82, 2.24) is 0 Å². The van der Waals surface area contributed by atoms with E-state index < -0.39 is 0 Å². The molecule has 1 rings (SSSR count). The third-order valence-corrected chi connectivity index (χ3v) is 6.24. The fourth-order valence-corrected chi connectivity index (χ4v) is 5.76. The molecule has 0 aromatic heterocycles. The van der Waals surface area contributed by atoms with Crippen molar-refractivity contribution in [3.8, 4) is 0 Å². The van der Waals surface area contributed by atoms with Gasteiger partial charge in [0.15, 0.2) is 0 Å². The van der Waals surface area contributed by atoms with Crippen molar-refractivity contribution >= 4 is 35.3 Å². The zero-order valence-electron chi connectivity index (χ0n) is 6.66. The summed E-state index contributed by atoms with van der Waals surface area (Å²) in [6.45, 7) is 4.67. The lowest BCUT2D eigenvalue weighted by molar-refractivity contribution is 0.941. The molecule has 0 nitrogen and oxygen atoms in total. The van der Waals surface area contributed by atoms with Crippen molar-refractivity contribution in [2.75, 3.05) is 12.0 Å². The van der Waals surface area contributed by atoms with Crippen molar-refractivity contribution in [2.24, 2.45) is 0 Å². The molecular weight excluding hydrogens is 180 g/mol. The van der Waals surface area contributed by atoms with Crippen LogP contribution in [-0.4, -0.2) is 27.1 Å². The Hall–Kier alpha value is 1.05. The predicted octanol–water partition coefficient (Wildman–Crippen LogP) is 2.93. The Morgan fingerprint density at radius 2 is 1.70 bits per heavy atom. The van der Waals surface area contributed by atoms with Crippen LogP contribution in [-0.2, 0) is 0 Å². The lowest BCUT2D eigenvalue weighted by Crippen LogP contribution is -2.04. The lowest BCUT2D eigenvalue weighted by atomic mass is 10.4. The first-order valence-electron chi connectivity index (χ1n) is 3.54. The molecule has 1 fully saturated rings. The summed E-state index contributed by atoms with van der Waals surface area (Å²) in [5.41, 5.74) is 0. The van der Waals surface area contributed by atoms with Gasteiger partial charge in [0.05, 0.1) is 4.58 Å². The maximum absolute atomic E-state index is 2.34. The molecule has 0 N–H and O–H groups in total. The highest BCUT2D eigenvalue weighted by atomic mass is 32.2. The Balaban J connectivity index is 2.27. The van der Waals surface area contributed by atoms with Crippen LogP contribution in [0.3, 0.4) is 0 Å². The minimum Gasteiger partial charge on any atom is -0.163 e. The van der Waals surface area contributed by atoms with Gasteiger partial charge in [-0.15, -0.1) is 23.5 Å². The van der Waals surface area contributed by atoms with Crippen molar-refractivity contribution in [3.63, 3.8) is 0 Å². The first kappa shape index (κ1) is 9.14. The summed E-state index contributed by atoms with van der Waals surface area (Å²) in [6.07, 6.45) is 2.19. The molecule has 60 valence electrons. The Morgan fingerprint density at radius 3 is 2.10 bits per heavy atom. The average molecular weight is 194 g/mol. The number of hydrogen-bond donors (Lipinski definition) is 0. The van der Waals surface area contributed by atoms with Gasteiger partial charge in [0.1, 0.15) is 0 Å². The molecule has 1 heterocycles. The van der Waals surface area contributed by atoms with E-state index in [1.807, 2.05) is 11.8 Å². The monoisotopic (exact) mass is 194 g/mol. The van der Waals surface area contributed by atoms with Crippen molar-refractivity contribution in [1.29, 1.82) is 0 Å². The topological polar surface area (TPSA) is 0 Å². The lowest BCUT2D eigenvalue weighted by Gasteiger charge is -2.03. The maximum atomic E-state index is 2.34. The van der Waals surface area contributed by atoms with Gasteiger partial charge in [-0.05, 0) is 6.26 Å². The summed E-state index contributed by atoms with van der Waals surface area (Å²) in [6, 6.07) is 0. The molecule has 0 amide bonds. The third kappa shape index (κ3) is 2.28. The quantitative estimate of drug-likeness (QED) is 0.663. The Labute approximate surface area is 76.3 Å². The predicted molar refractivity (Wildman–Crippen MR) is 56.3 cm³/mol. The SMILES string of the molecule is CSCC1SC(C)C(C)S1. The van der Waals surface area contributed by atoms with Crippen LogP contribution in [0.4, 0.5) is 0 Å². The van der Waals surface area contributed by atoms with E-state index in [0.717, 1.165) is 15.1 Å². The molecule has 2 atom stereocenters. The Morgan fingerprint density at radius 1 is 1.20 bits per heavy atom. The minimum atomic E-state index is 0.861. The molecule has 3 heteroatoms. The fraction of sp³-hybridized carbons (Fsp3) is 1.00. The normalized spacial score (nSPS) is 40.5. The molecule has 0 radical (unpaired) electrons. The number of rotatable bonds is 2. The average Bonchev–Trinajstić information content (AvgIpc) is 2.14. The molecule has 1 saturated heterocycles. The zero-order valence-corrected chi connectivity index (χ0v) is 9.11. The van der Waals surface area contributed by atoms with E-state index in [2.05, 4.69) is 43.6 Å². The summed E-state index contributed by atoms with van der Waals surface area (Å²) in [5.74, 6) is 1.31. The highest BCUT2D eigenvalue weighted by molar-refractivity contribution is 8.21. The van der Waals surface area contributed by atoms with Gasteiger partial charge in [-0.25, -0.2) is 0 Å². The molecule has 0 aliphatic carbocycles. The second kappa shape index (κ2) is 4.17. The third-order valence-electron chi connectivity index (χ3n) is 1.70. The molecule has 0 saturated carbocycles. The van der Waals surface area contributed by atoms with Crippen molar-refractivity contribution in [2.45, 2.75) is 28.9 Å². The molecule has 0 aromatic rings. The largest absolute Gasteiger partial charge is 0.163 e. The summed E-state index contributed by atoms with van der Waals surface area (Å²) < 4.78 is 0.861. The maximum Gasteiger partial charge on any atom is 0.0598 e. The van der Waals surface area contributed by atoms with E-state index in [1.54, 1.807) is 0 Å². The van der Waals surface area contributed by atoms with Crippen LogP contribution in [0, 0.1) is 0 Å². The van der Waals surface area contributed by atoms with E-state index in [1.165, 1.54) is 5.75 Å². The van der Waals surface area contributed by atoms with Gasteiger partial charge in [0, 0.05) is 16.3 Å². The van der Waals surface area contributed by atoms with Crippen LogP contribution >= 0.6 is 35.3 Å². The minimum absolute atomic E-state index is 0.861. The molecule has 0 bridgehead atoms. The van der Waals surface area contributed by atoms with E-state index in [0.29, 0.717) is 0 Å². The highest BCUT2D eigenvalue weighted by Gasteiger charge is 2.28.